The average Bonchev–Trinajstić information content (AvgIpc) is 3.01. The summed E-state index contributed by atoms with van der Waals surface area (Å²) >= 11 is 0. The van der Waals surface area contributed by atoms with Gasteiger partial charge in [0.25, 0.3) is 0 Å². The van der Waals surface area contributed by atoms with Crippen LogP contribution in [-0.2, 0) is 11.2 Å². The molecule has 1 aliphatic heterocycles. The summed E-state index contributed by atoms with van der Waals surface area (Å²) < 4.78 is 11.6. The van der Waals surface area contributed by atoms with Crippen LogP contribution in [0.1, 0.15) is 43.6 Å². The summed E-state index contributed by atoms with van der Waals surface area (Å²) in [6, 6.07) is 10.3. The van der Waals surface area contributed by atoms with Crippen LogP contribution in [-0.4, -0.2) is 30.4 Å². The molecule has 0 aromatic heterocycles. The van der Waals surface area contributed by atoms with E-state index >= 15 is 0 Å². The van der Waals surface area contributed by atoms with Crippen LogP contribution in [0.4, 0.5) is 11.4 Å². The van der Waals surface area contributed by atoms with Crippen LogP contribution in [0, 0.1) is 0 Å². The zero-order chi connectivity index (χ0) is 20.3. The molecule has 6 heteroatoms. The molecule has 1 heterocycles. The van der Waals surface area contributed by atoms with Crippen molar-refractivity contribution in [3.63, 3.8) is 0 Å². The van der Waals surface area contributed by atoms with E-state index in [2.05, 4.69) is 10.6 Å². The molecule has 2 aromatic carbocycles. The number of rotatable bonds is 7. The van der Waals surface area contributed by atoms with E-state index in [0.717, 1.165) is 17.7 Å². The number of carbonyl (C=O) groups excluding carboxylic acids is 2. The molecule has 1 aliphatic rings. The van der Waals surface area contributed by atoms with E-state index in [1.54, 1.807) is 31.2 Å². The van der Waals surface area contributed by atoms with E-state index in [0.29, 0.717) is 29.3 Å². The van der Waals surface area contributed by atoms with Crippen LogP contribution in [0.2, 0.25) is 0 Å². The monoisotopic (exact) mass is 382 g/mol. The topological polar surface area (TPSA) is 76.7 Å². The largest absolute Gasteiger partial charge is 0.492 e. The number of fused-ring (bicyclic) bond motifs is 1. The highest BCUT2D eigenvalue weighted by atomic mass is 16.5. The maximum atomic E-state index is 12.7. The third-order valence-electron chi connectivity index (χ3n) is 4.63. The van der Waals surface area contributed by atoms with Crippen molar-refractivity contribution < 1.29 is 19.1 Å². The molecule has 2 N–H and O–H groups in total. The van der Waals surface area contributed by atoms with Crippen molar-refractivity contribution in [2.45, 2.75) is 46.3 Å². The lowest BCUT2D eigenvalue weighted by Gasteiger charge is -2.19. The summed E-state index contributed by atoms with van der Waals surface area (Å²) in [6.45, 7) is 7.71. The van der Waals surface area contributed by atoms with Crippen molar-refractivity contribution in [3.8, 4) is 11.5 Å². The number of amides is 1. The van der Waals surface area contributed by atoms with Gasteiger partial charge in [-0.1, -0.05) is 12.1 Å². The summed E-state index contributed by atoms with van der Waals surface area (Å²) in [5.74, 6) is 1.17. The maximum Gasteiger partial charge on any atom is 0.246 e. The highest BCUT2D eigenvalue weighted by molar-refractivity contribution is 6.05. The molecule has 0 unspecified atom stereocenters. The average molecular weight is 382 g/mol. The third kappa shape index (κ3) is 4.27. The number of hydrogen-bond acceptors (Lipinski definition) is 5. The second-order valence-electron chi connectivity index (χ2n) is 6.98. The molecular weight excluding hydrogens is 356 g/mol. The first-order valence-corrected chi connectivity index (χ1v) is 9.52. The van der Waals surface area contributed by atoms with Gasteiger partial charge in [-0.2, -0.15) is 0 Å². The minimum atomic E-state index is -0.545. The first kappa shape index (κ1) is 19.7. The molecule has 0 fully saturated rings. The molecule has 0 saturated heterocycles. The van der Waals surface area contributed by atoms with E-state index in [1.807, 2.05) is 26.0 Å². The lowest BCUT2D eigenvalue weighted by atomic mass is 10.1. The third-order valence-corrected chi connectivity index (χ3v) is 4.63. The normalized spacial score (nSPS) is 15.9. The summed E-state index contributed by atoms with van der Waals surface area (Å²) in [4.78, 5) is 24.5. The minimum absolute atomic E-state index is 0.0972. The number of benzene rings is 2. The van der Waals surface area contributed by atoms with Crippen LogP contribution in [0.25, 0.3) is 0 Å². The molecule has 1 amide bonds. The molecule has 0 saturated carbocycles. The number of hydrogen-bond donors (Lipinski definition) is 2. The lowest BCUT2D eigenvalue weighted by molar-refractivity contribution is -0.116. The molecule has 0 bridgehead atoms. The predicted molar refractivity (Wildman–Crippen MR) is 110 cm³/mol. The van der Waals surface area contributed by atoms with Gasteiger partial charge in [0.2, 0.25) is 5.91 Å². The van der Waals surface area contributed by atoms with Crippen molar-refractivity contribution in [1.29, 1.82) is 0 Å². The Balaban J connectivity index is 1.77. The van der Waals surface area contributed by atoms with Gasteiger partial charge in [0, 0.05) is 23.6 Å². The number of nitrogens with one attached hydrogen (secondary N) is 2. The molecule has 2 atom stereocenters. The number of anilines is 2. The van der Waals surface area contributed by atoms with E-state index in [-0.39, 0.29) is 17.8 Å². The number of ketones is 1. The Morgan fingerprint density at radius 1 is 1.25 bits per heavy atom. The van der Waals surface area contributed by atoms with E-state index in [4.69, 9.17) is 9.47 Å². The Hall–Kier alpha value is -3.02. The first-order valence-electron chi connectivity index (χ1n) is 9.52. The van der Waals surface area contributed by atoms with Gasteiger partial charge in [-0.05, 0) is 45.9 Å². The summed E-state index contributed by atoms with van der Waals surface area (Å²) in [6.07, 6.45) is 0.969. The van der Waals surface area contributed by atoms with Gasteiger partial charge in [0.15, 0.2) is 5.78 Å². The fraction of sp³-hybridized carbons (Fsp3) is 0.364. The number of Topliss-reactive ketones (excluding diaryl/α,β-unsaturated/α-hetero) is 1. The molecule has 3 rings (SSSR count). The molecular formula is C22H26N2O4. The van der Waals surface area contributed by atoms with E-state index in [9.17, 15) is 9.59 Å². The quantitative estimate of drug-likeness (QED) is 0.707. The van der Waals surface area contributed by atoms with Crippen LogP contribution in [0.15, 0.2) is 36.4 Å². The molecule has 6 nitrogen and oxygen atoms in total. The SMILES string of the molecule is CCOc1cc2c(cc1N[C@H](C)C(=O)Nc1ccccc1C(C)=O)O[C@H](C)C2. The standard InChI is InChI=1S/C22H26N2O4/c1-5-27-21-11-16-10-13(2)28-20(16)12-19(21)23-14(3)22(26)24-18-9-7-6-8-17(18)15(4)25/h6-9,11-14,23H,5,10H2,1-4H3,(H,24,26)/t13-,14-/m1/s1. The highest BCUT2D eigenvalue weighted by Gasteiger charge is 2.24. The second kappa shape index (κ2) is 8.33. The Labute approximate surface area is 165 Å². The van der Waals surface area contributed by atoms with Crippen LogP contribution >= 0.6 is 0 Å². The Morgan fingerprint density at radius 3 is 2.71 bits per heavy atom. The molecule has 148 valence electrons. The lowest BCUT2D eigenvalue weighted by Crippen LogP contribution is -2.32. The van der Waals surface area contributed by atoms with Gasteiger partial charge < -0.3 is 20.1 Å². The maximum absolute atomic E-state index is 12.7. The van der Waals surface area contributed by atoms with Crippen molar-refractivity contribution in [2.24, 2.45) is 0 Å². The predicted octanol–water partition coefficient (Wildman–Crippen LogP) is 4.05. The molecule has 2 aromatic rings. The number of para-hydroxylation sites is 1. The van der Waals surface area contributed by atoms with Crippen molar-refractivity contribution in [2.75, 3.05) is 17.2 Å². The fourth-order valence-electron chi connectivity index (χ4n) is 3.27. The van der Waals surface area contributed by atoms with Gasteiger partial charge >= 0.3 is 0 Å². The molecule has 28 heavy (non-hydrogen) atoms. The van der Waals surface area contributed by atoms with Crippen molar-refractivity contribution in [3.05, 3.63) is 47.5 Å². The van der Waals surface area contributed by atoms with Gasteiger partial charge in [-0.25, -0.2) is 0 Å². The minimum Gasteiger partial charge on any atom is -0.492 e. The zero-order valence-corrected chi connectivity index (χ0v) is 16.7. The van der Waals surface area contributed by atoms with Gasteiger partial charge in [-0.15, -0.1) is 0 Å². The van der Waals surface area contributed by atoms with Crippen molar-refractivity contribution in [1.82, 2.24) is 0 Å². The number of ether oxygens (including phenoxy) is 2. The van der Waals surface area contributed by atoms with E-state index in [1.165, 1.54) is 6.92 Å². The van der Waals surface area contributed by atoms with Gasteiger partial charge in [0.05, 0.1) is 18.0 Å². The van der Waals surface area contributed by atoms with Crippen LogP contribution in [0.3, 0.4) is 0 Å². The van der Waals surface area contributed by atoms with Gasteiger partial charge in [-0.3, -0.25) is 9.59 Å². The Morgan fingerprint density at radius 2 is 2.00 bits per heavy atom. The molecule has 0 spiro atoms. The smallest absolute Gasteiger partial charge is 0.246 e. The van der Waals surface area contributed by atoms with Crippen LogP contribution < -0.4 is 20.1 Å². The van der Waals surface area contributed by atoms with Crippen molar-refractivity contribution >= 4 is 23.1 Å². The Bertz CT molecular complexity index is 894. The first-order chi connectivity index (χ1) is 13.4. The molecule has 0 aliphatic carbocycles. The highest BCUT2D eigenvalue weighted by Crippen LogP contribution is 2.38. The van der Waals surface area contributed by atoms with Crippen LogP contribution in [0.5, 0.6) is 11.5 Å². The zero-order valence-electron chi connectivity index (χ0n) is 16.7. The van der Waals surface area contributed by atoms with Gasteiger partial charge in [0.1, 0.15) is 23.6 Å². The molecule has 0 radical (unpaired) electrons. The summed E-state index contributed by atoms with van der Waals surface area (Å²) in [5, 5.41) is 6.03. The van der Waals surface area contributed by atoms with E-state index < -0.39 is 6.04 Å². The summed E-state index contributed by atoms with van der Waals surface area (Å²) in [5.41, 5.74) is 2.80. The summed E-state index contributed by atoms with van der Waals surface area (Å²) in [7, 11) is 0. The number of carbonyl (C=O) groups is 2. The Kier molecular flexibility index (Phi) is 5.87. The second-order valence-corrected chi connectivity index (χ2v) is 6.98. The fourth-order valence-corrected chi connectivity index (χ4v) is 3.27.